The average molecular weight is 350 g/mol. The lowest BCUT2D eigenvalue weighted by molar-refractivity contribution is -0.128. The average Bonchev–Trinajstić information content (AvgIpc) is 3.49. The molecule has 1 aliphatic heterocycles. The third-order valence-electron chi connectivity index (χ3n) is 4.94. The number of benzene rings is 2. The van der Waals surface area contributed by atoms with Gasteiger partial charge in [-0.25, -0.2) is 0 Å². The van der Waals surface area contributed by atoms with Gasteiger partial charge in [-0.15, -0.1) is 0 Å². The number of amides is 2. The Morgan fingerprint density at radius 1 is 1.15 bits per heavy atom. The Hall–Kier alpha value is -2.82. The summed E-state index contributed by atoms with van der Waals surface area (Å²) in [6, 6.07) is 17.4. The van der Waals surface area contributed by atoms with E-state index in [0.29, 0.717) is 17.4 Å². The second-order valence-electron chi connectivity index (χ2n) is 6.95. The van der Waals surface area contributed by atoms with E-state index >= 15 is 0 Å². The first kappa shape index (κ1) is 16.6. The predicted molar refractivity (Wildman–Crippen MR) is 98.9 cm³/mol. The van der Waals surface area contributed by atoms with E-state index in [1.807, 2.05) is 54.6 Å². The van der Waals surface area contributed by atoms with Gasteiger partial charge in [0, 0.05) is 0 Å². The SMILES string of the molecule is CC1Oc2ccccc2N(CC(=O)NC(c2ccccc2)C2CC2)C1=O. The van der Waals surface area contributed by atoms with Gasteiger partial charge >= 0.3 is 0 Å². The summed E-state index contributed by atoms with van der Waals surface area (Å²) in [6.45, 7) is 1.71. The third kappa shape index (κ3) is 3.29. The van der Waals surface area contributed by atoms with E-state index in [4.69, 9.17) is 4.74 Å². The highest BCUT2D eigenvalue weighted by molar-refractivity contribution is 6.03. The van der Waals surface area contributed by atoms with Crippen LogP contribution in [-0.2, 0) is 9.59 Å². The maximum Gasteiger partial charge on any atom is 0.268 e. The molecule has 134 valence electrons. The van der Waals surface area contributed by atoms with Crippen LogP contribution in [0.5, 0.6) is 5.75 Å². The van der Waals surface area contributed by atoms with Crippen molar-refractivity contribution < 1.29 is 14.3 Å². The van der Waals surface area contributed by atoms with Crippen molar-refractivity contribution in [2.24, 2.45) is 5.92 Å². The molecular weight excluding hydrogens is 328 g/mol. The molecule has 4 rings (SSSR count). The zero-order valence-corrected chi connectivity index (χ0v) is 14.7. The molecular formula is C21H22N2O3. The van der Waals surface area contributed by atoms with E-state index in [0.717, 1.165) is 18.4 Å². The number of hydrogen-bond donors (Lipinski definition) is 1. The Labute approximate surface area is 153 Å². The van der Waals surface area contributed by atoms with Crippen LogP contribution in [0.1, 0.15) is 31.4 Å². The normalized spacial score (nSPS) is 20.1. The van der Waals surface area contributed by atoms with E-state index < -0.39 is 6.10 Å². The van der Waals surface area contributed by atoms with Crippen LogP contribution in [0.4, 0.5) is 5.69 Å². The maximum atomic E-state index is 12.7. The highest BCUT2D eigenvalue weighted by Gasteiger charge is 2.36. The van der Waals surface area contributed by atoms with Crippen molar-refractivity contribution in [1.82, 2.24) is 5.32 Å². The molecule has 2 aliphatic rings. The minimum absolute atomic E-state index is 0.000397. The summed E-state index contributed by atoms with van der Waals surface area (Å²) in [5.74, 6) is 0.770. The van der Waals surface area contributed by atoms with Crippen LogP contribution in [0.15, 0.2) is 54.6 Å². The number of carbonyl (C=O) groups is 2. The van der Waals surface area contributed by atoms with Gasteiger partial charge in [0.15, 0.2) is 6.10 Å². The second kappa shape index (κ2) is 6.83. The molecule has 1 heterocycles. The summed E-state index contributed by atoms with van der Waals surface area (Å²) >= 11 is 0. The first-order chi connectivity index (χ1) is 12.6. The number of fused-ring (bicyclic) bond motifs is 1. The van der Waals surface area contributed by atoms with Gasteiger partial charge in [-0.05, 0) is 43.4 Å². The summed E-state index contributed by atoms with van der Waals surface area (Å²) in [7, 11) is 0. The van der Waals surface area contributed by atoms with Crippen LogP contribution in [0, 0.1) is 5.92 Å². The predicted octanol–water partition coefficient (Wildman–Crippen LogP) is 3.07. The van der Waals surface area contributed by atoms with Gasteiger partial charge in [0.25, 0.3) is 5.91 Å². The second-order valence-corrected chi connectivity index (χ2v) is 6.95. The molecule has 26 heavy (non-hydrogen) atoms. The Morgan fingerprint density at radius 2 is 1.85 bits per heavy atom. The van der Waals surface area contributed by atoms with Crippen molar-refractivity contribution in [3.8, 4) is 5.75 Å². The van der Waals surface area contributed by atoms with Gasteiger partial charge in [-0.1, -0.05) is 42.5 Å². The quantitative estimate of drug-likeness (QED) is 0.902. The highest BCUT2D eigenvalue weighted by atomic mass is 16.5. The number of para-hydroxylation sites is 2. The number of carbonyl (C=O) groups excluding carboxylic acids is 2. The Kier molecular flexibility index (Phi) is 4.37. The summed E-state index contributed by atoms with van der Waals surface area (Å²) in [6.07, 6.45) is 1.65. The van der Waals surface area contributed by atoms with Gasteiger partial charge < -0.3 is 10.1 Å². The number of ether oxygens (including phenoxy) is 1. The van der Waals surface area contributed by atoms with Gasteiger partial charge in [-0.3, -0.25) is 14.5 Å². The van der Waals surface area contributed by atoms with Crippen LogP contribution in [-0.4, -0.2) is 24.5 Å². The largest absolute Gasteiger partial charge is 0.479 e. The zero-order chi connectivity index (χ0) is 18.1. The molecule has 2 atom stereocenters. The first-order valence-corrected chi connectivity index (χ1v) is 9.05. The summed E-state index contributed by atoms with van der Waals surface area (Å²) in [4.78, 5) is 26.8. The summed E-state index contributed by atoms with van der Waals surface area (Å²) in [5, 5.41) is 3.14. The molecule has 0 radical (unpaired) electrons. The van der Waals surface area contributed by atoms with Gasteiger partial charge in [-0.2, -0.15) is 0 Å². The smallest absolute Gasteiger partial charge is 0.268 e. The highest BCUT2D eigenvalue weighted by Crippen LogP contribution is 2.41. The molecule has 1 N–H and O–H groups in total. The molecule has 1 saturated carbocycles. The van der Waals surface area contributed by atoms with E-state index in [-0.39, 0.29) is 24.4 Å². The fraction of sp³-hybridized carbons (Fsp3) is 0.333. The van der Waals surface area contributed by atoms with Crippen molar-refractivity contribution in [2.45, 2.75) is 31.9 Å². The molecule has 5 nitrogen and oxygen atoms in total. The Balaban J connectivity index is 1.51. The summed E-state index contributed by atoms with van der Waals surface area (Å²) < 4.78 is 5.63. The Morgan fingerprint density at radius 3 is 2.58 bits per heavy atom. The van der Waals surface area contributed by atoms with E-state index in [1.54, 1.807) is 6.92 Å². The van der Waals surface area contributed by atoms with Gasteiger partial charge in [0.2, 0.25) is 5.91 Å². The molecule has 2 amide bonds. The van der Waals surface area contributed by atoms with Crippen LogP contribution in [0.3, 0.4) is 0 Å². The lowest BCUT2D eigenvalue weighted by atomic mass is 10.0. The molecule has 1 fully saturated rings. The lowest BCUT2D eigenvalue weighted by Gasteiger charge is -2.33. The standard InChI is InChI=1S/C21H22N2O3/c1-14-21(25)23(17-9-5-6-10-18(17)26-14)13-19(24)22-20(16-11-12-16)15-7-3-2-4-8-15/h2-10,14,16,20H,11-13H2,1H3,(H,22,24). The van der Waals surface area contributed by atoms with Crippen LogP contribution < -0.4 is 15.0 Å². The third-order valence-corrected chi connectivity index (χ3v) is 4.94. The topological polar surface area (TPSA) is 58.6 Å². The minimum atomic E-state index is -0.592. The van der Waals surface area contributed by atoms with Crippen LogP contribution >= 0.6 is 0 Å². The molecule has 0 spiro atoms. The number of hydrogen-bond acceptors (Lipinski definition) is 3. The van der Waals surface area contributed by atoms with E-state index in [9.17, 15) is 9.59 Å². The zero-order valence-electron chi connectivity index (χ0n) is 14.7. The monoisotopic (exact) mass is 350 g/mol. The molecule has 0 aromatic heterocycles. The lowest BCUT2D eigenvalue weighted by Crippen LogP contribution is -2.49. The molecule has 5 heteroatoms. The van der Waals surface area contributed by atoms with Crippen LogP contribution in [0.2, 0.25) is 0 Å². The molecule has 2 unspecified atom stereocenters. The minimum Gasteiger partial charge on any atom is -0.479 e. The fourth-order valence-electron chi connectivity index (χ4n) is 3.45. The van der Waals surface area contributed by atoms with Gasteiger partial charge in [0.05, 0.1) is 11.7 Å². The fourth-order valence-corrected chi connectivity index (χ4v) is 3.45. The number of rotatable bonds is 5. The van der Waals surface area contributed by atoms with Crippen molar-refractivity contribution in [3.05, 3.63) is 60.2 Å². The molecule has 2 aromatic carbocycles. The van der Waals surface area contributed by atoms with Crippen LogP contribution in [0.25, 0.3) is 0 Å². The van der Waals surface area contributed by atoms with Crippen molar-refractivity contribution >= 4 is 17.5 Å². The Bertz CT molecular complexity index is 817. The number of nitrogens with zero attached hydrogens (tertiary/aromatic N) is 1. The maximum absolute atomic E-state index is 12.7. The van der Waals surface area contributed by atoms with Crippen molar-refractivity contribution in [1.29, 1.82) is 0 Å². The molecule has 2 aromatic rings. The van der Waals surface area contributed by atoms with Gasteiger partial charge in [0.1, 0.15) is 12.3 Å². The molecule has 0 saturated heterocycles. The first-order valence-electron chi connectivity index (χ1n) is 9.05. The number of nitrogens with one attached hydrogen (secondary N) is 1. The summed E-state index contributed by atoms with van der Waals surface area (Å²) in [5.41, 5.74) is 1.76. The van der Waals surface area contributed by atoms with E-state index in [1.165, 1.54) is 4.90 Å². The molecule has 0 bridgehead atoms. The van der Waals surface area contributed by atoms with Crippen molar-refractivity contribution in [3.63, 3.8) is 0 Å². The molecule has 1 aliphatic carbocycles. The number of anilines is 1. The van der Waals surface area contributed by atoms with Crippen molar-refractivity contribution in [2.75, 3.05) is 11.4 Å². The van der Waals surface area contributed by atoms with E-state index in [2.05, 4.69) is 5.32 Å².